The minimum absolute atomic E-state index is 0.757. The molecule has 0 radical (unpaired) electrons. The van der Waals surface area contributed by atoms with Gasteiger partial charge in [-0.05, 0) is 47.9 Å². The number of hydrogen-bond donors (Lipinski definition) is 0. The third kappa shape index (κ3) is 5.13. The van der Waals surface area contributed by atoms with Gasteiger partial charge in [0.25, 0.3) is 0 Å². The molecule has 0 amide bonds. The van der Waals surface area contributed by atoms with E-state index < -0.39 is 0 Å². The first-order chi connectivity index (χ1) is 10.3. The highest BCUT2D eigenvalue weighted by molar-refractivity contribution is 9.10. The lowest BCUT2D eigenvalue weighted by atomic mass is 10.0. The van der Waals surface area contributed by atoms with Crippen LogP contribution < -0.4 is 0 Å². The van der Waals surface area contributed by atoms with E-state index in [-0.39, 0.29) is 0 Å². The van der Waals surface area contributed by atoms with Crippen molar-refractivity contribution < 1.29 is 4.74 Å². The fourth-order valence-corrected chi connectivity index (χ4v) is 2.24. The van der Waals surface area contributed by atoms with Crippen LogP contribution >= 0.6 is 15.9 Å². The second kappa shape index (κ2) is 8.34. The van der Waals surface area contributed by atoms with Crippen molar-refractivity contribution >= 4 is 15.9 Å². The van der Waals surface area contributed by atoms with Crippen molar-refractivity contribution in [2.24, 2.45) is 0 Å². The molecule has 0 N–H and O–H groups in total. The molecule has 0 aliphatic carbocycles. The largest absolute Gasteiger partial charge is 0.505 e. The molecule has 0 saturated carbocycles. The van der Waals surface area contributed by atoms with Crippen molar-refractivity contribution in [1.82, 2.24) is 0 Å². The quantitative estimate of drug-likeness (QED) is 0.576. The average molecular weight is 341 g/mol. The van der Waals surface area contributed by atoms with E-state index in [0.29, 0.717) is 0 Å². The van der Waals surface area contributed by atoms with Gasteiger partial charge in [0.2, 0.25) is 0 Å². The van der Waals surface area contributed by atoms with E-state index in [1.165, 1.54) is 11.1 Å². The number of ether oxygens (including phenoxy) is 1. The van der Waals surface area contributed by atoms with Crippen LogP contribution in [-0.4, -0.2) is 7.11 Å². The summed E-state index contributed by atoms with van der Waals surface area (Å²) in [5.74, 6) is 6.45. The topological polar surface area (TPSA) is 9.23 Å². The highest BCUT2D eigenvalue weighted by Crippen LogP contribution is 2.12. The van der Waals surface area contributed by atoms with Gasteiger partial charge in [0, 0.05) is 16.5 Å². The van der Waals surface area contributed by atoms with Gasteiger partial charge in [0.05, 0.1) is 13.4 Å². The van der Waals surface area contributed by atoms with E-state index in [4.69, 9.17) is 4.74 Å². The van der Waals surface area contributed by atoms with Crippen molar-refractivity contribution in [1.29, 1.82) is 0 Å². The Kier molecular flexibility index (Phi) is 6.12. The molecule has 0 aromatic heterocycles. The number of methoxy groups -OCH3 is 1. The van der Waals surface area contributed by atoms with Gasteiger partial charge < -0.3 is 4.74 Å². The normalized spacial score (nSPS) is 10.2. The highest BCUT2D eigenvalue weighted by atomic mass is 79.9. The Morgan fingerprint density at radius 3 is 2.48 bits per heavy atom. The van der Waals surface area contributed by atoms with E-state index in [1.54, 1.807) is 13.4 Å². The van der Waals surface area contributed by atoms with Gasteiger partial charge in [-0.1, -0.05) is 52.0 Å². The summed E-state index contributed by atoms with van der Waals surface area (Å²) in [7, 11) is 1.66. The Hall–Kier alpha value is -1.98. The first-order valence-electron chi connectivity index (χ1n) is 6.78. The molecule has 0 aliphatic heterocycles. The molecule has 0 heterocycles. The van der Waals surface area contributed by atoms with Crippen molar-refractivity contribution in [3.05, 3.63) is 82.0 Å². The van der Waals surface area contributed by atoms with E-state index in [1.807, 2.05) is 30.3 Å². The van der Waals surface area contributed by atoms with E-state index in [2.05, 4.69) is 52.0 Å². The minimum Gasteiger partial charge on any atom is -0.505 e. The number of hydrogen-bond acceptors (Lipinski definition) is 1. The molecule has 1 nitrogen and oxygen atoms in total. The van der Waals surface area contributed by atoms with Crippen LogP contribution in [0.2, 0.25) is 0 Å². The zero-order valence-electron chi connectivity index (χ0n) is 12.0. The van der Waals surface area contributed by atoms with Gasteiger partial charge in [-0.2, -0.15) is 0 Å². The lowest BCUT2D eigenvalue weighted by molar-refractivity contribution is 0.337. The zero-order chi connectivity index (χ0) is 14.9. The molecular formula is C19H17BrO. The minimum atomic E-state index is 0.757. The molecule has 0 saturated heterocycles. The maximum Gasteiger partial charge on any atom is 0.0788 e. The van der Waals surface area contributed by atoms with E-state index in [9.17, 15) is 0 Å². The first kappa shape index (κ1) is 15.4. The molecular weight excluding hydrogens is 324 g/mol. The van der Waals surface area contributed by atoms with Crippen molar-refractivity contribution in [2.75, 3.05) is 7.11 Å². The van der Waals surface area contributed by atoms with Crippen LogP contribution in [0.15, 0.2) is 65.3 Å². The molecule has 0 unspecified atom stereocenters. The van der Waals surface area contributed by atoms with Gasteiger partial charge in [0.15, 0.2) is 0 Å². The zero-order valence-corrected chi connectivity index (χ0v) is 13.6. The summed E-state index contributed by atoms with van der Waals surface area (Å²) in [6.07, 6.45) is 5.35. The van der Waals surface area contributed by atoms with E-state index >= 15 is 0 Å². The van der Waals surface area contributed by atoms with Crippen molar-refractivity contribution in [3.8, 4) is 11.8 Å². The van der Waals surface area contributed by atoms with Gasteiger partial charge in [-0.3, -0.25) is 0 Å². The molecule has 21 heavy (non-hydrogen) atoms. The van der Waals surface area contributed by atoms with Crippen LogP contribution in [0.4, 0.5) is 0 Å². The average Bonchev–Trinajstić information content (AvgIpc) is 2.51. The summed E-state index contributed by atoms with van der Waals surface area (Å²) in [4.78, 5) is 0. The fraction of sp³-hybridized carbons (Fsp3) is 0.158. The maximum absolute atomic E-state index is 4.94. The Labute approximate surface area is 134 Å². The van der Waals surface area contributed by atoms with Gasteiger partial charge >= 0.3 is 0 Å². The smallest absolute Gasteiger partial charge is 0.0788 e. The number of benzene rings is 2. The molecule has 0 aliphatic rings. The maximum atomic E-state index is 4.94. The molecule has 2 heteroatoms. The van der Waals surface area contributed by atoms with Crippen LogP contribution in [0.25, 0.3) is 0 Å². The number of halogens is 1. The Bertz CT molecular complexity index is 660. The lowest BCUT2D eigenvalue weighted by Gasteiger charge is -2.03. The molecule has 106 valence electrons. The molecule has 0 fully saturated rings. The lowest BCUT2D eigenvalue weighted by Crippen LogP contribution is -1.91. The predicted molar refractivity (Wildman–Crippen MR) is 91.0 cm³/mol. The monoisotopic (exact) mass is 340 g/mol. The Morgan fingerprint density at radius 1 is 1.05 bits per heavy atom. The van der Waals surface area contributed by atoms with Crippen LogP contribution in [-0.2, 0) is 17.6 Å². The molecule has 2 rings (SSSR count). The Balaban J connectivity index is 2.06. The SMILES string of the molecule is COC=CCc1ccccc1CC#Cc1ccc(Br)cc1. The van der Waals surface area contributed by atoms with Gasteiger partial charge in [0.1, 0.15) is 0 Å². The molecule has 0 spiro atoms. The standard InChI is InChI=1S/C19H17BrO/c1-21-15-5-10-18-8-3-2-7-17(18)9-4-6-16-11-13-19(20)14-12-16/h2-3,5,7-8,11-15H,9-10H2,1H3. The van der Waals surface area contributed by atoms with Crippen LogP contribution in [0.1, 0.15) is 16.7 Å². The second-order valence-corrected chi connectivity index (χ2v) is 5.48. The molecule has 2 aromatic carbocycles. The van der Waals surface area contributed by atoms with Gasteiger partial charge in [-0.25, -0.2) is 0 Å². The molecule has 2 aromatic rings. The summed E-state index contributed by atoms with van der Waals surface area (Å²) in [5.41, 5.74) is 3.59. The van der Waals surface area contributed by atoms with Crippen molar-refractivity contribution in [3.63, 3.8) is 0 Å². The Morgan fingerprint density at radius 2 is 1.76 bits per heavy atom. The molecule has 0 bridgehead atoms. The van der Waals surface area contributed by atoms with Gasteiger partial charge in [-0.15, -0.1) is 0 Å². The third-order valence-electron chi connectivity index (χ3n) is 3.04. The fourth-order valence-electron chi connectivity index (χ4n) is 1.98. The van der Waals surface area contributed by atoms with Crippen LogP contribution in [0, 0.1) is 11.8 Å². The third-order valence-corrected chi connectivity index (χ3v) is 3.57. The summed E-state index contributed by atoms with van der Waals surface area (Å²) >= 11 is 3.42. The first-order valence-corrected chi connectivity index (χ1v) is 7.58. The van der Waals surface area contributed by atoms with Crippen LogP contribution in [0.5, 0.6) is 0 Å². The van der Waals surface area contributed by atoms with E-state index in [0.717, 1.165) is 22.9 Å². The predicted octanol–water partition coefficient (Wildman–Crippen LogP) is 4.75. The second-order valence-electron chi connectivity index (χ2n) is 4.57. The summed E-state index contributed by atoms with van der Waals surface area (Å²) < 4.78 is 6.01. The van der Waals surface area contributed by atoms with Crippen molar-refractivity contribution in [2.45, 2.75) is 12.8 Å². The highest BCUT2D eigenvalue weighted by Gasteiger charge is 1.98. The number of allylic oxidation sites excluding steroid dienone is 1. The summed E-state index contributed by atoms with van der Waals surface area (Å²) in [6, 6.07) is 16.4. The summed E-state index contributed by atoms with van der Waals surface area (Å²) in [5, 5.41) is 0. The number of rotatable bonds is 4. The van der Waals surface area contributed by atoms with Crippen LogP contribution in [0.3, 0.4) is 0 Å². The molecule has 0 atom stereocenters. The summed E-state index contributed by atoms with van der Waals surface area (Å²) in [6.45, 7) is 0.